The van der Waals surface area contributed by atoms with Crippen molar-refractivity contribution in [2.24, 2.45) is 0 Å². The van der Waals surface area contributed by atoms with E-state index in [1.807, 2.05) is 23.1 Å². The van der Waals surface area contributed by atoms with Crippen LogP contribution in [-0.2, 0) is 4.74 Å². The van der Waals surface area contributed by atoms with E-state index in [0.717, 1.165) is 44.0 Å². The molecule has 0 saturated carbocycles. The Hall–Kier alpha value is -1.83. The van der Waals surface area contributed by atoms with Crippen LogP contribution in [0.15, 0.2) is 24.3 Å². The molecule has 1 unspecified atom stereocenters. The highest BCUT2D eigenvalue weighted by atomic mass is 16.5. The number of amides is 2. The maximum atomic E-state index is 12.6. The second-order valence-corrected chi connectivity index (χ2v) is 7.01. The lowest BCUT2D eigenvalue weighted by Crippen LogP contribution is -2.51. The topological polar surface area (TPSA) is 57.3 Å². The highest BCUT2D eigenvalue weighted by Gasteiger charge is 2.28. The van der Waals surface area contributed by atoms with E-state index >= 15 is 0 Å². The fourth-order valence-electron chi connectivity index (χ4n) is 3.83. The molecule has 27 heavy (non-hydrogen) atoms. The van der Waals surface area contributed by atoms with E-state index in [2.05, 4.69) is 28.1 Å². The zero-order valence-electron chi connectivity index (χ0n) is 16.5. The Balaban J connectivity index is 1.70. The number of para-hydroxylation sites is 1. The Kier molecular flexibility index (Phi) is 7.32. The lowest BCUT2D eigenvalue weighted by molar-refractivity contribution is 0.0518. The summed E-state index contributed by atoms with van der Waals surface area (Å²) in [6, 6.07) is 8.22. The molecule has 2 aliphatic heterocycles. The first-order chi connectivity index (χ1) is 13.2. The predicted molar refractivity (Wildman–Crippen MR) is 105 cm³/mol. The quantitative estimate of drug-likeness (QED) is 0.814. The molecule has 0 spiro atoms. The number of benzene rings is 1. The number of morpholine rings is 1. The van der Waals surface area contributed by atoms with Crippen molar-refractivity contribution in [1.82, 2.24) is 20.0 Å². The van der Waals surface area contributed by atoms with Crippen molar-refractivity contribution in [2.75, 3.05) is 72.7 Å². The van der Waals surface area contributed by atoms with Crippen molar-refractivity contribution < 1.29 is 14.3 Å². The molecule has 1 aromatic carbocycles. The molecular formula is C20H32N4O3. The van der Waals surface area contributed by atoms with Gasteiger partial charge in [0.1, 0.15) is 5.75 Å². The van der Waals surface area contributed by atoms with Crippen molar-refractivity contribution in [3.8, 4) is 5.75 Å². The van der Waals surface area contributed by atoms with Gasteiger partial charge in [-0.25, -0.2) is 4.79 Å². The Morgan fingerprint density at radius 2 is 1.85 bits per heavy atom. The van der Waals surface area contributed by atoms with Crippen molar-refractivity contribution in [3.05, 3.63) is 29.8 Å². The number of rotatable bonds is 6. The van der Waals surface area contributed by atoms with Gasteiger partial charge in [0, 0.05) is 51.4 Å². The van der Waals surface area contributed by atoms with Gasteiger partial charge in [-0.3, -0.25) is 4.90 Å². The van der Waals surface area contributed by atoms with Crippen LogP contribution in [0, 0.1) is 0 Å². The van der Waals surface area contributed by atoms with Gasteiger partial charge < -0.3 is 24.6 Å². The first-order valence-corrected chi connectivity index (χ1v) is 9.92. The third-order valence-corrected chi connectivity index (χ3v) is 5.54. The highest BCUT2D eigenvalue weighted by molar-refractivity contribution is 5.74. The average molecular weight is 377 g/mol. The highest BCUT2D eigenvalue weighted by Crippen LogP contribution is 2.29. The summed E-state index contributed by atoms with van der Waals surface area (Å²) in [6.45, 7) is 10.5. The maximum Gasteiger partial charge on any atom is 0.317 e. The smallest absolute Gasteiger partial charge is 0.317 e. The van der Waals surface area contributed by atoms with Gasteiger partial charge in [0.15, 0.2) is 0 Å². The number of hydrogen-bond donors (Lipinski definition) is 1. The molecule has 3 rings (SSSR count). The zero-order chi connectivity index (χ0) is 19.1. The van der Waals surface area contributed by atoms with E-state index in [1.165, 1.54) is 0 Å². The fraction of sp³-hybridized carbons (Fsp3) is 0.650. The number of urea groups is 1. The summed E-state index contributed by atoms with van der Waals surface area (Å²) in [5.41, 5.74) is 1.13. The van der Waals surface area contributed by atoms with E-state index in [1.54, 1.807) is 7.11 Å². The van der Waals surface area contributed by atoms with E-state index in [4.69, 9.17) is 9.47 Å². The molecule has 2 saturated heterocycles. The number of ether oxygens (including phenoxy) is 2. The monoisotopic (exact) mass is 376 g/mol. The molecule has 0 bridgehead atoms. The summed E-state index contributed by atoms with van der Waals surface area (Å²) in [6.07, 6.45) is 0. The molecule has 0 aliphatic carbocycles. The lowest BCUT2D eigenvalue weighted by Gasteiger charge is -2.40. The van der Waals surface area contributed by atoms with Crippen LogP contribution >= 0.6 is 0 Å². The van der Waals surface area contributed by atoms with Crippen molar-refractivity contribution >= 4 is 6.03 Å². The first kappa shape index (κ1) is 19.9. The van der Waals surface area contributed by atoms with E-state index < -0.39 is 0 Å². The van der Waals surface area contributed by atoms with Crippen LogP contribution in [0.4, 0.5) is 4.79 Å². The minimum atomic E-state index is -0.00890. The van der Waals surface area contributed by atoms with Gasteiger partial charge in [-0.1, -0.05) is 25.1 Å². The number of piperazine rings is 1. The van der Waals surface area contributed by atoms with Gasteiger partial charge in [0.05, 0.1) is 26.4 Å². The molecule has 150 valence electrons. The molecule has 0 aromatic heterocycles. The standard InChI is InChI=1S/C20H32N4O3/c1-3-22-8-10-23(11-9-22)18(17-6-4-5-7-19(17)26-2)16-21-20(25)24-12-14-27-15-13-24/h4-7,18H,3,8-16H2,1-2H3,(H,21,25). The Morgan fingerprint density at radius 3 is 2.52 bits per heavy atom. The van der Waals surface area contributed by atoms with Gasteiger partial charge in [0.2, 0.25) is 0 Å². The average Bonchev–Trinajstić information content (AvgIpc) is 2.75. The second-order valence-electron chi connectivity index (χ2n) is 7.01. The van der Waals surface area contributed by atoms with Crippen LogP contribution in [0.3, 0.4) is 0 Å². The van der Waals surface area contributed by atoms with E-state index in [-0.39, 0.29) is 12.1 Å². The molecule has 2 amide bonds. The van der Waals surface area contributed by atoms with Crippen LogP contribution in [0.1, 0.15) is 18.5 Å². The first-order valence-electron chi connectivity index (χ1n) is 9.92. The Bertz CT molecular complexity index is 599. The summed E-state index contributed by atoms with van der Waals surface area (Å²) < 4.78 is 10.9. The van der Waals surface area contributed by atoms with Crippen molar-refractivity contribution in [1.29, 1.82) is 0 Å². The van der Waals surface area contributed by atoms with E-state index in [0.29, 0.717) is 32.8 Å². The fourth-order valence-corrected chi connectivity index (χ4v) is 3.83. The molecule has 1 atom stereocenters. The molecule has 1 aromatic rings. The van der Waals surface area contributed by atoms with Gasteiger partial charge in [0.25, 0.3) is 0 Å². The predicted octanol–water partition coefficient (Wildman–Crippen LogP) is 1.42. The van der Waals surface area contributed by atoms with Crippen molar-refractivity contribution in [2.45, 2.75) is 13.0 Å². The number of methoxy groups -OCH3 is 1. The third kappa shape index (κ3) is 5.12. The Morgan fingerprint density at radius 1 is 1.15 bits per heavy atom. The van der Waals surface area contributed by atoms with Gasteiger partial charge in [-0.05, 0) is 12.6 Å². The normalized spacial score (nSPS) is 20.3. The number of carbonyl (C=O) groups excluding carboxylic acids is 1. The molecule has 2 aliphatic rings. The number of carbonyl (C=O) groups is 1. The van der Waals surface area contributed by atoms with Crippen LogP contribution in [0.5, 0.6) is 5.75 Å². The molecule has 2 fully saturated rings. The lowest BCUT2D eigenvalue weighted by atomic mass is 10.0. The maximum absolute atomic E-state index is 12.6. The molecule has 0 radical (unpaired) electrons. The van der Waals surface area contributed by atoms with Crippen LogP contribution in [0.25, 0.3) is 0 Å². The summed E-state index contributed by atoms with van der Waals surface area (Å²) >= 11 is 0. The van der Waals surface area contributed by atoms with Crippen LogP contribution < -0.4 is 10.1 Å². The number of likely N-dealkylation sites (N-methyl/N-ethyl adjacent to an activating group) is 1. The number of nitrogens with zero attached hydrogens (tertiary/aromatic N) is 3. The summed E-state index contributed by atoms with van der Waals surface area (Å²) in [4.78, 5) is 19.3. The van der Waals surface area contributed by atoms with Gasteiger partial charge in [-0.15, -0.1) is 0 Å². The largest absolute Gasteiger partial charge is 0.496 e. The minimum Gasteiger partial charge on any atom is -0.496 e. The molecule has 7 nitrogen and oxygen atoms in total. The van der Waals surface area contributed by atoms with Crippen LogP contribution in [0.2, 0.25) is 0 Å². The van der Waals surface area contributed by atoms with Crippen molar-refractivity contribution in [3.63, 3.8) is 0 Å². The molecule has 7 heteroatoms. The number of nitrogens with one attached hydrogen (secondary N) is 1. The summed E-state index contributed by atoms with van der Waals surface area (Å²) in [5, 5.41) is 3.15. The SMILES string of the molecule is CCN1CCN(C(CNC(=O)N2CCOCC2)c2ccccc2OC)CC1. The van der Waals surface area contributed by atoms with Gasteiger partial charge in [-0.2, -0.15) is 0 Å². The zero-order valence-corrected chi connectivity index (χ0v) is 16.5. The van der Waals surface area contributed by atoms with Gasteiger partial charge >= 0.3 is 6.03 Å². The third-order valence-electron chi connectivity index (χ3n) is 5.54. The second kappa shape index (κ2) is 9.92. The van der Waals surface area contributed by atoms with Crippen LogP contribution in [-0.4, -0.2) is 93.4 Å². The Labute approximate surface area is 162 Å². The summed E-state index contributed by atoms with van der Waals surface area (Å²) in [5.74, 6) is 0.876. The molecule has 2 heterocycles. The number of hydrogen-bond acceptors (Lipinski definition) is 5. The molecular weight excluding hydrogens is 344 g/mol. The summed E-state index contributed by atoms with van der Waals surface area (Å²) in [7, 11) is 1.71. The van der Waals surface area contributed by atoms with E-state index in [9.17, 15) is 4.79 Å². The minimum absolute atomic E-state index is 0.00890. The molecule has 1 N–H and O–H groups in total.